The Labute approximate surface area is 45.3 Å². The van der Waals surface area contributed by atoms with E-state index in [4.69, 9.17) is 0 Å². The van der Waals surface area contributed by atoms with Crippen LogP contribution in [0, 0.1) is 0 Å². The first-order chi connectivity index (χ1) is 3.84. The third-order valence-electron chi connectivity index (χ3n) is 0.793. The molecule has 5 nitrogen and oxygen atoms in total. The number of hydrogen-bond donors (Lipinski definition) is 2. The first kappa shape index (κ1) is 4.89. The first-order valence-electron chi connectivity index (χ1n) is 2.14. The monoisotopic (exact) mass is 114 g/mol. The van der Waals surface area contributed by atoms with E-state index in [1.807, 2.05) is 0 Å². The third kappa shape index (κ3) is 0.575. The highest BCUT2D eigenvalue weighted by Gasteiger charge is 1.87. The van der Waals surface area contributed by atoms with E-state index in [-0.39, 0.29) is 5.69 Å². The summed E-state index contributed by atoms with van der Waals surface area (Å²) in [5, 5.41) is 5.67. The average molecular weight is 114 g/mol. The van der Waals surface area contributed by atoms with Crippen molar-refractivity contribution in [1.29, 1.82) is 0 Å². The lowest BCUT2D eigenvalue weighted by Gasteiger charge is -1.90. The molecule has 44 valence electrons. The maximum absolute atomic E-state index is 10.4. The summed E-state index contributed by atoms with van der Waals surface area (Å²) < 4.78 is 1.24. The number of H-pyrrole nitrogens is 1. The molecule has 0 fully saturated rings. The van der Waals surface area contributed by atoms with Crippen molar-refractivity contribution in [2.45, 2.75) is 0 Å². The van der Waals surface area contributed by atoms with Crippen LogP contribution >= 0.6 is 0 Å². The molecule has 8 heavy (non-hydrogen) atoms. The number of nitrogens with zero attached hydrogens (tertiary/aromatic N) is 2. The Bertz CT molecular complexity index is 211. The minimum atomic E-state index is -0.257. The fraction of sp³-hybridized carbons (Fsp3) is 0.333. The number of nitrogens with one attached hydrogen (secondary N) is 2. The number of rotatable bonds is 1. The number of aromatic nitrogens is 3. The SMILES string of the molecule is CNn1cn[nH]c1=O. The fourth-order valence-electron chi connectivity index (χ4n) is 0.407. The van der Waals surface area contributed by atoms with Crippen LogP contribution in [0.3, 0.4) is 0 Å². The molecule has 0 spiro atoms. The first-order valence-corrected chi connectivity index (χ1v) is 2.14. The molecule has 1 heterocycles. The zero-order valence-corrected chi connectivity index (χ0v) is 4.38. The predicted octanol–water partition coefficient (Wildman–Crippen LogP) is -1.26. The molecule has 1 aromatic rings. The highest BCUT2D eigenvalue weighted by Crippen LogP contribution is 1.59. The summed E-state index contributed by atoms with van der Waals surface area (Å²) in [6.07, 6.45) is 1.36. The summed E-state index contributed by atoms with van der Waals surface area (Å²) >= 11 is 0. The normalized spacial score (nSPS) is 9.12. The molecule has 1 rings (SSSR count). The van der Waals surface area contributed by atoms with Gasteiger partial charge in [-0.2, -0.15) is 9.77 Å². The fourth-order valence-corrected chi connectivity index (χ4v) is 0.407. The molecule has 0 atom stereocenters. The Kier molecular flexibility index (Phi) is 1.03. The van der Waals surface area contributed by atoms with Crippen molar-refractivity contribution in [2.24, 2.45) is 0 Å². The molecule has 0 aliphatic rings. The van der Waals surface area contributed by atoms with Gasteiger partial charge in [0.1, 0.15) is 6.33 Å². The Balaban J connectivity index is 3.11. The van der Waals surface area contributed by atoms with Crippen LogP contribution in [0.15, 0.2) is 11.1 Å². The molecule has 0 saturated carbocycles. The molecule has 0 saturated heterocycles. The Morgan fingerprint density at radius 1 is 2.00 bits per heavy atom. The topological polar surface area (TPSA) is 62.7 Å². The highest BCUT2D eigenvalue weighted by atomic mass is 16.2. The van der Waals surface area contributed by atoms with E-state index in [0.717, 1.165) is 0 Å². The van der Waals surface area contributed by atoms with E-state index in [9.17, 15) is 4.79 Å². The van der Waals surface area contributed by atoms with Crippen molar-refractivity contribution >= 4 is 0 Å². The Morgan fingerprint density at radius 2 is 2.75 bits per heavy atom. The molecule has 0 aliphatic heterocycles. The van der Waals surface area contributed by atoms with E-state index in [1.54, 1.807) is 7.05 Å². The summed E-state index contributed by atoms with van der Waals surface area (Å²) in [5.41, 5.74) is 2.33. The summed E-state index contributed by atoms with van der Waals surface area (Å²) in [5.74, 6) is 0. The van der Waals surface area contributed by atoms with Crippen LogP contribution < -0.4 is 11.1 Å². The molecule has 0 aromatic carbocycles. The minimum absolute atomic E-state index is 0.257. The van der Waals surface area contributed by atoms with E-state index in [1.165, 1.54) is 11.0 Å². The van der Waals surface area contributed by atoms with E-state index in [0.29, 0.717) is 0 Å². The van der Waals surface area contributed by atoms with Crippen LogP contribution in [-0.2, 0) is 0 Å². The molecule has 0 unspecified atom stereocenters. The van der Waals surface area contributed by atoms with Gasteiger partial charge in [-0.05, 0) is 0 Å². The quantitative estimate of drug-likeness (QED) is 0.479. The minimum Gasteiger partial charge on any atom is -0.324 e. The van der Waals surface area contributed by atoms with Gasteiger partial charge in [0.15, 0.2) is 0 Å². The van der Waals surface area contributed by atoms with Gasteiger partial charge >= 0.3 is 5.69 Å². The predicted molar refractivity (Wildman–Crippen MR) is 28.1 cm³/mol. The Morgan fingerprint density at radius 3 is 3.00 bits per heavy atom. The third-order valence-corrected chi connectivity index (χ3v) is 0.793. The zero-order valence-electron chi connectivity index (χ0n) is 4.38. The van der Waals surface area contributed by atoms with Crippen LogP contribution in [0.25, 0.3) is 0 Å². The lowest BCUT2D eigenvalue weighted by Crippen LogP contribution is -2.22. The maximum atomic E-state index is 10.4. The van der Waals surface area contributed by atoms with Crippen LogP contribution in [0.2, 0.25) is 0 Å². The maximum Gasteiger partial charge on any atom is 0.361 e. The van der Waals surface area contributed by atoms with Crippen molar-refractivity contribution in [3.8, 4) is 0 Å². The van der Waals surface area contributed by atoms with Gasteiger partial charge in [-0.25, -0.2) is 9.89 Å². The second-order valence-corrected chi connectivity index (χ2v) is 1.26. The summed E-state index contributed by atoms with van der Waals surface area (Å²) in [6.45, 7) is 0. The van der Waals surface area contributed by atoms with Crippen molar-refractivity contribution in [2.75, 3.05) is 12.5 Å². The molecule has 2 N–H and O–H groups in total. The van der Waals surface area contributed by atoms with Crippen LogP contribution in [0.1, 0.15) is 0 Å². The lowest BCUT2D eigenvalue weighted by atomic mass is 11.2. The molecule has 0 aliphatic carbocycles. The second kappa shape index (κ2) is 1.69. The molecular weight excluding hydrogens is 108 g/mol. The van der Waals surface area contributed by atoms with Crippen molar-refractivity contribution in [3.05, 3.63) is 16.8 Å². The molecule has 0 radical (unpaired) electrons. The van der Waals surface area contributed by atoms with Gasteiger partial charge in [-0.15, -0.1) is 0 Å². The summed E-state index contributed by atoms with van der Waals surface area (Å²) in [4.78, 5) is 10.4. The summed E-state index contributed by atoms with van der Waals surface area (Å²) in [7, 11) is 1.64. The van der Waals surface area contributed by atoms with E-state index < -0.39 is 0 Å². The van der Waals surface area contributed by atoms with Gasteiger partial charge in [0.05, 0.1) is 0 Å². The highest BCUT2D eigenvalue weighted by molar-refractivity contribution is 4.66. The summed E-state index contributed by atoms with van der Waals surface area (Å²) in [6, 6.07) is 0. The smallest absolute Gasteiger partial charge is 0.324 e. The average Bonchev–Trinajstić information content (AvgIpc) is 2.14. The number of hydrogen-bond acceptors (Lipinski definition) is 3. The van der Waals surface area contributed by atoms with Gasteiger partial charge in [-0.3, -0.25) is 0 Å². The van der Waals surface area contributed by atoms with Crippen molar-refractivity contribution < 1.29 is 0 Å². The van der Waals surface area contributed by atoms with Crippen LogP contribution in [0.5, 0.6) is 0 Å². The molecule has 1 aromatic heterocycles. The Hall–Kier alpha value is -1.26. The van der Waals surface area contributed by atoms with Gasteiger partial charge in [0.2, 0.25) is 0 Å². The second-order valence-electron chi connectivity index (χ2n) is 1.26. The van der Waals surface area contributed by atoms with E-state index in [2.05, 4.69) is 15.6 Å². The number of aromatic amines is 1. The van der Waals surface area contributed by atoms with Crippen molar-refractivity contribution in [1.82, 2.24) is 14.9 Å². The van der Waals surface area contributed by atoms with Crippen LogP contribution in [0.4, 0.5) is 0 Å². The van der Waals surface area contributed by atoms with Gasteiger partial charge in [0, 0.05) is 7.05 Å². The molecule has 0 amide bonds. The van der Waals surface area contributed by atoms with Crippen LogP contribution in [-0.4, -0.2) is 21.9 Å². The molecule has 5 heteroatoms. The van der Waals surface area contributed by atoms with Gasteiger partial charge in [-0.1, -0.05) is 0 Å². The van der Waals surface area contributed by atoms with Gasteiger partial charge < -0.3 is 5.43 Å². The lowest BCUT2D eigenvalue weighted by molar-refractivity contribution is 0.874. The molecular formula is C3H6N4O. The van der Waals surface area contributed by atoms with Crippen molar-refractivity contribution in [3.63, 3.8) is 0 Å². The standard InChI is InChI=1S/C3H6N4O/c1-4-7-2-5-6-3(7)8/h2,4H,1H3,(H,6,8). The van der Waals surface area contributed by atoms with E-state index >= 15 is 0 Å². The van der Waals surface area contributed by atoms with Gasteiger partial charge in [0.25, 0.3) is 0 Å². The zero-order chi connectivity index (χ0) is 5.98. The largest absolute Gasteiger partial charge is 0.361 e. The molecule has 0 bridgehead atoms.